The van der Waals surface area contributed by atoms with Crippen molar-refractivity contribution < 1.29 is 13.2 Å². The van der Waals surface area contributed by atoms with Gasteiger partial charge in [-0.15, -0.1) is 0 Å². The van der Waals surface area contributed by atoms with Crippen molar-refractivity contribution >= 4 is 10.0 Å². The van der Waals surface area contributed by atoms with E-state index < -0.39 is 10.0 Å². The van der Waals surface area contributed by atoms with Gasteiger partial charge in [-0.05, 0) is 24.1 Å². The van der Waals surface area contributed by atoms with Crippen LogP contribution in [0.1, 0.15) is 5.56 Å². The summed E-state index contributed by atoms with van der Waals surface area (Å²) in [6.45, 7) is 3.51. The van der Waals surface area contributed by atoms with Gasteiger partial charge in [-0.25, -0.2) is 8.42 Å². The third-order valence-corrected chi connectivity index (χ3v) is 5.85. The van der Waals surface area contributed by atoms with Crippen molar-refractivity contribution in [2.45, 2.75) is 11.8 Å². The van der Waals surface area contributed by atoms with Crippen molar-refractivity contribution in [2.24, 2.45) is 7.05 Å². The van der Waals surface area contributed by atoms with Gasteiger partial charge in [0.25, 0.3) is 0 Å². The average Bonchev–Trinajstić information content (AvgIpc) is 2.95. The van der Waals surface area contributed by atoms with E-state index in [4.69, 9.17) is 4.74 Å². The second kappa shape index (κ2) is 5.83. The maximum Gasteiger partial charge on any atom is 0.243 e. The Kier molecular flexibility index (Phi) is 4.03. The summed E-state index contributed by atoms with van der Waals surface area (Å²) in [7, 11) is -1.65. The topological polar surface area (TPSA) is 64.4 Å². The van der Waals surface area contributed by atoms with Crippen molar-refractivity contribution in [2.75, 3.05) is 26.3 Å². The Morgan fingerprint density at radius 3 is 2.55 bits per heavy atom. The first-order valence-electron chi connectivity index (χ1n) is 7.16. The lowest BCUT2D eigenvalue weighted by Crippen LogP contribution is -2.40. The fraction of sp³-hybridized carbons (Fsp3) is 0.400. The number of nitrogens with zero attached hydrogens (tertiary/aromatic N) is 3. The largest absolute Gasteiger partial charge is 0.379 e. The monoisotopic (exact) mass is 321 g/mol. The number of aryl methyl sites for hydroxylation is 2. The number of hydrogen-bond donors (Lipinski definition) is 0. The second-order valence-corrected chi connectivity index (χ2v) is 7.31. The van der Waals surface area contributed by atoms with E-state index >= 15 is 0 Å². The van der Waals surface area contributed by atoms with Gasteiger partial charge in [-0.2, -0.15) is 9.40 Å². The smallest absolute Gasteiger partial charge is 0.243 e. The fourth-order valence-corrected chi connectivity index (χ4v) is 4.21. The van der Waals surface area contributed by atoms with E-state index in [1.54, 1.807) is 16.9 Å². The molecule has 1 aromatic carbocycles. The van der Waals surface area contributed by atoms with Gasteiger partial charge in [0.1, 0.15) is 0 Å². The summed E-state index contributed by atoms with van der Waals surface area (Å²) in [5, 5.41) is 4.14. The Morgan fingerprint density at radius 2 is 1.91 bits per heavy atom. The average molecular weight is 321 g/mol. The van der Waals surface area contributed by atoms with Crippen LogP contribution in [0.15, 0.2) is 35.5 Å². The SMILES string of the molecule is Cc1ccc(-c2cnn(C)c2)cc1S(=O)(=O)N1CCOCC1. The molecule has 1 aliphatic rings. The van der Waals surface area contributed by atoms with Crippen LogP contribution < -0.4 is 0 Å². The van der Waals surface area contributed by atoms with E-state index in [0.29, 0.717) is 31.2 Å². The third kappa shape index (κ3) is 2.79. The molecule has 0 spiro atoms. The Morgan fingerprint density at radius 1 is 1.18 bits per heavy atom. The molecule has 0 amide bonds. The van der Waals surface area contributed by atoms with Crippen molar-refractivity contribution in [1.29, 1.82) is 0 Å². The Bertz CT molecular complexity index is 777. The first kappa shape index (κ1) is 15.2. The quantitative estimate of drug-likeness (QED) is 0.857. The predicted molar refractivity (Wildman–Crippen MR) is 83.0 cm³/mol. The molecule has 1 aliphatic heterocycles. The van der Waals surface area contributed by atoms with Gasteiger partial charge in [0.15, 0.2) is 0 Å². The molecular formula is C15H19N3O3S. The van der Waals surface area contributed by atoms with Crippen LogP contribution in [0.2, 0.25) is 0 Å². The van der Waals surface area contributed by atoms with Crippen LogP contribution in [0.3, 0.4) is 0 Å². The summed E-state index contributed by atoms with van der Waals surface area (Å²) in [5.74, 6) is 0. The maximum absolute atomic E-state index is 12.8. The molecule has 118 valence electrons. The zero-order chi connectivity index (χ0) is 15.7. The number of rotatable bonds is 3. The highest BCUT2D eigenvalue weighted by atomic mass is 32.2. The molecule has 3 rings (SSSR count). The number of ether oxygens (including phenoxy) is 1. The minimum atomic E-state index is -3.49. The molecule has 0 radical (unpaired) electrons. The molecule has 1 saturated heterocycles. The van der Waals surface area contributed by atoms with Gasteiger partial charge in [-0.3, -0.25) is 4.68 Å². The van der Waals surface area contributed by atoms with Gasteiger partial charge >= 0.3 is 0 Å². The molecule has 0 atom stereocenters. The van der Waals surface area contributed by atoms with E-state index in [-0.39, 0.29) is 0 Å². The van der Waals surface area contributed by atoms with Crippen LogP contribution in [0.25, 0.3) is 11.1 Å². The molecule has 1 aromatic heterocycles. The first-order valence-corrected chi connectivity index (χ1v) is 8.60. The summed E-state index contributed by atoms with van der Waals surface area (Å²) in [6.07, 6.45) is 3.60. The van der Waals surface area contributed by atoms with E-state index in [1.165, 1.54) is 4.31 Å². The fourth-order valence-electron chi connectivity index (χ4n) is 2.55. The molecule has 0 bridgehead atoms. The molecule has 2 aromatic rings. The lowest BCUT2D eigenvalue weighted by atomic mass is 10.1. The molecule has 6 nitrogen and oxygen atoms in total. The molecule has 1 fully saturated rings. The van der Waals surface area contributed by atoms with Crippen LogP contribution in [0, 0.1) is 6.92 Å². The maximum atomic E-state index is 12.8. The number of benzene rings is 1. The second-order valence-electron chi connectivity index (χ2n) is 5.40. The normalized spacial score (nSPS) is 16.8. The zero-order valence-corrected chi connectivity index (χ0v) is 13.5. The summed E-state index contributed by atoms with van der Waals surface area (Å²) < 4.78 is 34.1. The molecule has 0 aliphatic carbocycles. The van der Waals surface area contributed by atoms with E-state index in [2.05, 4.69) is 5.10 Å². The number of sulfonamides is 1. The number of aromatic nitrogens is 2. The Balaban J connectivity index is 2.02. The van der Waals surface area contributed by atoms with Crippen LogP contribution in [0.4, 0.5) is 0 Å². The molecule has 22 heavy (non-hydrogen) atoms. The van der Waals surface area contributed by atoms with Gasteiger partial charge in [0.2, 0.25) is 10.0 Å². The first-order chi connectivity index (χ1) is 10.5. The van der Waals surface area contributed by atoms with Crippen molar-refractivity contribution in [1.82, 2.24) is 14.1 Å². The highest BCUT2D eigenvalue weighted by Crippen LogP contribution is 2.27. The van der Waals surface area contributed by atoms with Crippen molar-refractivity contribution in [3.8, 4) is 11.1 Å². The highest BCUT2D eigenvalue weighted by Gasteiger charge is 2.28. The highest BCUT2D eigenvalue weighted by molar-refractivity contribution is 7.89. The molecule has 7 heteroatoms. The molecule has 0 saturated carbocycles. The minimum absolute atomic E-state index is 0.357. The third-order valence-electron chi connectivity index (χ3n) is 3.81. The zero-order valence-electron chi connectivity index (χ0n) is 12.7. The number of hydrogen-bond acceptors (Lipinski definition) is 4. The van der Waals surface area contributed by atoms with Gasteiger partial charge in [0.05, 0.1) is 24.3 Å². The predicted octanol–water partition coefficient (Wildman–Crippen LogP) is 1.42. The van der Waals surface area contributed by atoms with Gasteiger partial charge in [-0.1, -0.05) is 12.1 Å². The minimum Gasteiger partial charge on any atom is -0.379 e. The Hall–Kier alpha value is -1.70. The molecule has 0 N–H and O–H groups in total. The summed E-state index contributed by atoms with van der Waals surface area (Å²) in [6, 6.07) is 5.50. The van der Waals surface area contributed by atoms with E-state index in [9.17, 15) is 8.42 Å². The Labute approximate surface area is 130 Å². The van der Waals surface area contributed by atoms with Crippen LogP contribution >= 0.6 is 0 Å². The van der Waals surface area contributed by atoms with Crippen LogP contribution in [0.5, 0.6) is 0 Å². The van der Waals surface area contributed by atoms with Crippen LogP contribution in [-0.2, 0) is 21.8 Å². The summed E-state index contributed by atoms with van der Waals surface area (Å²) >= 11 is 0. The molecule has 0 unspecified atom stereocenters. The lowest BCUT2D eigenvalue weighted by molar-refractivity contribution is 0.0730. The van der Waals surface area contributed by atoms with Gasteiger partial charge < -0.3 is 4.74 Å². The van der Waals surface area contributed by atoms with E-state index in [1.807, 2.05) is 32.3 Å². The van der Waals surface area contributed by atoms with Crippen LogP contribution in [-0.4, -0.2) is 48.8 Å². The van der Waals surface area contributed by atoms with Crippen molar-refractivity contribution in [3.05, 3.63) is 36.2 Å². The number of morpholine rings is 1. The lowest BCUT2D eigenvalue weighted by Gasteiger charge is -2.26. The summed E-state index contributed by atoms with van der Waals surface area (Å²) in [5.41, 5.74) is 2.51. The van der Waals surface area contributed by atoms with Gasteiger partial charge in [0, 0.05) is 31.9 Å². The standard InChI is InChI=1S/C15H19N3O3S/c1-12-3-4-13(14-10-16-17(2)11-14)9-15(12)22(19,20)18-5-7-21-8-6-18/h3-4,9-11H,5-8H2,1-2H3. The van der Waals surface area contributed by atoms with E-state index in [0.717, 1.165) is 16.7 Å². The molecular weight excluding hydrogens is 302 g/mol. The van der Waals surface area contributed by atoms with Crippen molar-refractivity contribution in [3.63, 3.8) is 0 Å². The molecule has 2 heterocycles. The summed E-state index contributed by atoms with van der Waals surface area (Å²) in [4.78, 5) is 0.357.